The minimum absolute atomic E-state index is 0.0451. The fraction of sp³-hybridized carbons (Fsp3) is 0.538. The zero-order chi connectivity index (χ0) is 12.1. The van der Waals surface area contributed by atoms with E-state index in [1.54, 1.807) is 17.3 Å². The summed E-state index contributed by atoms with van der Waals surface area (Å²) in [5, 5.41) is 3.03. The predicted octanol–water partition coefficient (Wildman–Crippen LogP) is 1.82. The molecule has 0 unspecified atom stereocenters. The molecule has 0 radical (unpaired) electrons. The van der Waals surface area contributed by atoms with Crippen LogP contribution in [0.25, 0.3) is 0 Å². The van der Waals surface area contributed by atoms with Crippen molar-refractivity contribution in [2.45, 2.75) is 31.7 Å². The molecule has 1 saturated carbocycles. The lowest BCUT2D eigenvalue weighted by Crippen LogP contribution is -2.46. The Morgan fingerprint density at radius 2 is 2.18 bits per heavy atom. The summed E-state index contributed by atoms with van der Waals surface area (Å²) < 4.78 is 0. The van der Waals surface area contributed by atoms with Gasteiger partial charge in [-0.25, -0.2) is 4.79 Å². The smallest absolute Gasteiger partial charge is 0.317 e. The van der Waals surface area contributed by atoms with Crippen molar-refractivity contribution < 1.29 is 4.79 Å². The van der Waals surface area contributed by atoms with Gasteiger partial charge < -0.3 is 10.2 Å². The molecule has 2 amide bonds. The average molecular weight is 233 g/mol. The third-order valence-electron chi connectivity index (χ3n) is 3.26. The second kappa shape index (κ2) is 5.66. The van der Waals surface area contributed by atoms with Gasteiger partial charge in [0.05, 0.1) is 0 Å². The van der Waals surface area contributed by atoms with Crippen LogP contribution in [0.3, 0.4) is 0 Å². The molecule has 0 bridgehead atoms. The Morgan fingerprint density at radius 3 is 2.76 bits per heavy atom. The summed E-state index contributed by atoms with van der Waals surface area (Å²) in [5.41, 5.74) is 1.21. The third kappa shape index (κ3) is 3.44. The van der Waals surface area contributed by atoms with Crippen LogP contribution in [-0.4, -0.2) is 35.5 Å². The Kier molecular flexibility index (Phi) is 3.96. The second-order valence-electron chi connectivity index (χ2n) is 4.60. The fourth-order valence-corrected chi connectivity index (χ4v) is 1.79. The summed E-state index contributed by atoms with van der Waals surface area (Å²) in [4.78, 5) is 17.5. The van der Waals surface area contributed by atoms with Crippen molar-refractivity contribution in [3.05, 3.63) is 30.1 Å². The number of hydrogen-bond donors (Lipinski definition) is 1. The minimum atomic E-state index is 0.0451. The Balaban J connectivity index is 1.72. The van der Waals surface area contributed by atoms with E-state index in [1.165, 1.54) is 12.0 Å². The van der Waals surface area contributed by atoms with Crippen molar-refractivity contribution >= 4 is 6.03 Å². The van der Waals surface area contributed by atoms with Gasteiger partial charge in [0.2, 0.25) is 0 Å². The quantitative estimate of drug-likeness (QED) is 0.862. The zero-order valence-corrected chi connectivity index (χ0v) is 10.2. The second-order valence-corrected chi connectivity index (χ2v) is 4.60. The van der Waals surface area contributed by atoms with Crippen molar-refractivity contribution in [1.29, 1.82) is 0 Å². The summed E-state index contributed by atoms with van der Waals surface area (Å²) in [6.07, 6.45) is 7.93. The number of urea groups is 1. The molecule has 4 heteroatoms. The summed E-state index contributed by atoms with van der Waals surface area (Å²) >= 11 is 0. The summed E-state index contributed by atoms with van der Waals surface area (Å²) in [6.45, 7) is 0.739. The van der Waals surface area contributed by atoms with E-state index in [0.717, 1.165) is 25.8 Å². The molecule has 1 N–H and O–H groups in total. The van der Waals surface area contributed by atoms with Crippen LogP contribution in [0, 0.1) is 0 Å². The molecular weight excluding hydrogens is 214 g/mol. The highest BCUT2D eigenvalue weighted by molar-refractivity contribution is 5.74. The topological polar surface area (TPSA) is 45.2 Å². The molecular formula is C13H19N3O. The van der Waals surface area contributed by atoms with Crippen LogP contribution >= 0.6 is 0 Å². The number of rotatable bonds is 4. The van der Waals surface area contributed by atoms with E-state index in [0.29, 0.717) is 6.04 Å². The molecule has 0 atom stereocenters. The molecule has 4 nitrogen and oxygen atoms in total. The van der Waals surface area contributed by atoms with Crippen molar-refractivity contribution in [2.24, 2.45) is 0 Å². The lowest BCUT2D eigenvalue weighted by Gasteiger charge is -2.29. The van der Waals surface area contributed by atoms with Gasteiger partial charge in [-0.3, -0.25) is 4.98 Å². The number of amides is 2. The molecule has 92 valence electrons. The van der Waals surface area contributed by atoms with Crippen molar-refractivity contribution in [3.8, 4) is 0 Å². The van der Waals surface area contributed by atoms with Crippen molar-refractivity contribution in [3.63, 3.8) is 0 Å². The molecule has 0 aromatic carbocycles. The van der Waals surface area contributed by atoms with Gasteiger partial charge in [-0.15, -0.1) is 0 Å². The third-order valence-corrected chi connectivity index (χ3v) is 3.26. The normalized spacial score (nSPS) is 15.1. The van der Waals surface area contributed by atoms with Crippen LogP contribution in [0.2, 0.25) is 0 Å². The SMILES string of the molecule is CN(CCc1ccncc1)C(=O)NC1CCC1. The van der Waals surface area contributed by atoms with Crippen LogP contribution in [0.5, 0.6) is 0 Å². The number of nitrogens with zero attached hydrogens (tertiary/aromatic N) is 2. The van der Waals surface area contributed by atoms with E-state index < -0.39 is 0 Å². The van der Waals surface area contributed by atoms with Crippen LogP contribution in [0.1, 0.15) is 24.8 Å². The summed E-state index contributed by atoms with van der Waals surface area (Å²) in [6, 6.07) is 4.42. The number of carbonyl (C=O) groups excluding carboxylic acids is 1. The summed E-state index contributed by atoms with van der Waals surface area (Å²) in [7, 11) is 1.84. The Bertz CT molecular complexity index is 362. The van der Waals surface area contributed by atoms with E-state index in [9.17, 15) is 4.79 Å². The molecule has 1 fully saturated rings. The van der Waals surface area contributed by atoms with Gasteiger partial charge in [-0.1, -0.05) is 0 Å². The largest absolute Gasteiger partial charge is 0.335 e. The van der Waals surface area contributed by atoms with E-state index in [1.807, 2.05) is 19.2 Å². The van der Waals surface area contributed by atoms with Gasteiger partial charge in [0, 0.05) is 32.0 Å². The average Bonchev–Trinajstić information content (AvgIpc) is 2.32. The first-order valence-electron chi connectivity index (χ1n) is 6.16. The van der Waals surface area contributed by atoms with E-state index >= 15 is 0 Å². The van der Waals surface area contributed by atoms with E-state index in [2.05, 4.69) is 10.3 Å². The highest BCUT2D eigenvalue weighted by atomic mass is 16.2. The molecule has 1 aromatic rings. The molecule has 0 aliphatic heterocycles. The molecule has 1 aromatic heterocycles. The highest BCUT2D eigenvalue weighted by Gasteiger charge is 2.20. The maximum absolute atomic E-state index is 11.8. The van der Waals surface area contributed by atoms with Gasteiger partial charge in [0.1, 0.15) is 0 Å². The van der Waals surface area contributed by atoms with Gasteiger partial charge >= 0.3 is 6.03 Å². The van der Waals surface area contributed by atoms with Crippen LogP contribution < -0.4 is 5.32 Å². The predicted molar refractivity (Wildman–Crippen MR) is 66.7 cm³/mol. The van der Waals surface area contributed by atoms with Crippen molar-refractivity contribution in [1.82, 2.24) is 15.2 Å². The minimum Gasteiger partial charge on any atom is -0.335 e. The zero-order valence-electron chi connectivity index (χ0n) is 10.2. The van der Waals surface area contributed by atoms with Crippen LogP contribution in [0.15, 0.2) is 24.5 Å². The maximum Gasteiger partial charge on any atom is 0.317 e. The monoisotopic (exact) mass is 233 g/mol. The Hall–Kier alpha value is -1.58. The lowest BCUT2D eigenvalue weighted by molar-refractivity contribution is 0.197. The molecule has 0 saturated heterocycles. The fourth-order valence-electron chi connectivity index (χ4n) is 1.79. The number of likely N-dealkylation sites (N-methyl/N-ethyl adjacent to an activating group) is 1. The lowest BCUT2D eigenvalue weighted by atomic mass is 9.93. The number of hydrogen-bond acceptors (Lipinski definition) is 2. The summed E-state index contributed by atoms with van der Waals surface area (Å²) in [5.74, 6) is 0. The molecule has 17 heavy (non-hydrogen) atoms. The molecule has 1 aliphatic rings. The number of aromatic nitrogens is 1. The van der Waals surface area contributed by atoms with Gasteiger partial charge in [-0.2, -0.15) is 0 Å². The van der Waals surface area contributed by atoms with E-state index in [4.69, 9.17) is 0 Å². The number of pyridine rings is 1. The molecule has 2 rings (SSSR count). The first kappa shape index (κ1) is 11.9. The van der Waals surface area contributed by atoms with Crippen LogP contribution in [0.4, 0.5) is 4.79 Å². The Morgan fingerprint density at radius 1 is 1.47 bits per heavy atom. The van der Waals surface area contributed by atoms with Crippen molar-refractivity contribution in [2.75, 3.05) is 13.6 Å². The first-order valence-corrected chi connectivity index (χ1v) is 6.16. The standard InChI is InChI=1S/C13H19N3O/c1-16(13(17)15-12-3-2-4-12)10-7-11-5-8-14-9-6-11/h5-6,8-9,12H,2-4,7,10H2,1H3,(H,15,17). The molecule has 0 spiro atoms. The van der Waals surface area contributed by atoms with Gasteiger partial charge in [-0.05, 0) is 43.4 Å². The Labute approximate surface area is 102 Å². The van der Waals surface area contributed by atoms with E-state index in [-0.39, 0.29) is 6.03 Å². The number of nitrogens with one attached hydrogen (secondary N) is 1. The maximum atomic E-state index is 11.8. The highest BCUT2D eigenvalue weighted by Crippen LogP contribution is 2.18. The molecule has 1 aliphatic carbocycles. The van der Waals surface area contributed by atoms with Gasteiger partial charge in [0.25, 0.3) is 0 Å². The van der Waals surface area contributed by atoms with Crippen LogP contribution in [-0.2, 0) is 6.42 Å². The van der Waals surface area contributed by atoms with Gasteiger partial charge in [0.15, 0.2) is 0 Å². The first-order chi connectivity index (χ1) is 8.25. The number of carbonyl (C=O) groups is 1. The molecule has 1 heterocycles.